The van der Waals surface area contributed by atoms with E-state index in [9.17, 15) is 16.8 Å². The smallest absolute Gasteiger partial charge is 0.240 e. The fourth-order valence-corrected chi connectivity index (χ4v) is 4.23. The van der Waals surface area contributed by atoms with Gasteiger partial charge in [-0.05, 0) is 50.2 Å². The molecule has 0 bridgehead atoms. The summed E-state index contributed by atoms with van der Waals surface area (Å²) in [6.07, 6.45) is -0.0158. The molecule has 0 radical (unpaired) electrons. The number of nitrogens with one attached hydrogen (secondary N) is 2. The Kier molecular flexibility index (Phi) is 6.63. The quantitative estimate of drug-likeness (QED) is 0.674. The maximum absolute atomic E-state index is 12.2. The highest BCUT2D eigenvalue weighted by atomic mass is 32.2. The largest absolute Gasteiger partial charge is 0.491 e. The van der Waals surface area contributed by atoms with Crippen molar-refractivity contribution in [3.63, 3.8) is 0 Å². The van der Waals surface area contributed by atoms with Gasteiger partial charge in [0.25, 0.3) is 0 Å². The van der Waals surface area contributed by atoms with Gasteiger partial charge in [0.1, 0.15) is 5.75 Å². The van der Waals surface area contributed by atoms with Crippen molar-refractivity contribution in [2.45, 2.75) is 24.8 Å². The molecule has 7 nitrogen and oxygen atoms in total. The number of hydrogen-bond donors (Lipinski definition) is 2. The molecule has 0 unspecified atom stereocenters. The Hall–Kier alpha value is -2.10. The summed E-state index contributed by atoms with van der Waals surface area (Å²) in [7, 11) is -7.45. The number of sulfonamides is 2. The van der Waals surface area contributed by atoms with E-state index in [4.69, 9.17) is 4.74 Å². The Morgan fingerprint density at radius 2 is 1.54 bits per heavy atom. The second kappa shape index (κ2) is 8.52. The normalized spacial score (nSPS) is 12.1. The minimum Gasteiger partial charge on any atom is -0.491 e. The molecular weight excluding hydrogens is 376 g/mol. The van der Waals surface area contributed by atoms with Crippen LogP contribution in [0.5, 0.6) is 5.75 Å². The summed E-state index contributed by atoms with van der Waals surface area (Å²) >= 11 is 0. The van der Waals surface area contributed by atoms with Crippen LogP contribution in [-0.2, 0) is 20.0 Å². The van der Waals surface area contributed by atoms with E-state index in [0.29, 0.717) is 11.4 Å². The molecule has 0 spiro atoms. The molecular formula is C17H22N2O5S2. The van der Waals surface area contributed by atoms with Gasteiger partial charge in [0, 0.05) is 12.2 Å². The second-order valence-electron chi connectivity index (χ2n) is 5.82. The molecule has 0 aliphatic heterocycles. The van der Waals surface area contributed by atoms with Gasteiger partial charge in [0.05, 0.1) is 16.8 Å². The van der Waals surface area contributed by atoms with Crippen LogP contribution in [0.25, 0.3) is 0 Å². The lowest BCUT2D eigenvalue weighted by Crippen LogP contribution is -2.31. The van der Waals surface area contributed by atoms with Gasteiger partial charge in [-0.2, -0.15) is 0 Å². The van der Waals surface area contributed by atoms with Gasteiger partial charge in [0.15, 0.2) is 0 Å². The van der Waals surface area contributed by atoms with Crippen LogP contribution in [-0.4, -0.2) is 35.2 Å². The molecule has 9 heteroatoms. The zero-order chi connectivity index (χ0) is 19.2. The third-order valence-electron chi connectivity index (χ3n) is 3.22. The van der Waals surface area contributed by atoms with Gasteiger partial charge in [-0.1, -0.05) is 18.2 Å². The van der Waals surface area contributed by atoms with Crippen molar-refractivity contribution in [1.82, 2.24) is 4.72 Å². The molecule has 0 saturated carbocycles. The molecule has 2 rings (SSSR count). The Bertz CT molecular complexity index is 909. The van der Waals surface area contributed by atoms with Crippen molar-refractivity contribution in [3.05, 3.63) is 54.6 Å². The first-order valence-corrected chi connectivity index (χ1v) is 11.1. The summed E-state index contributed by atoms with van der Waals surface area (Å²) in [4.78, 5) is 0.0435. The molecule has 2 aromatic rings. The van der Waals surface area contributed by atoms with Gasteiger partial charge in [-0.15, -0.1) is 0 Å². The van der Waals surface area contributed by atoms with E-state index < -0.39 is 20.0 Å². The van der Waals surface area contributed by atoms with Crippen LogP contribution >= 0.6 is 0 Å². The molecule has 0 saturated heterocycles. The van der Waals surface area contributed by atoms with Crippen molar-refractivity contribution >= 4 is 25.7 Å². The fourth-order valence-electron chi connectivity index (χ4n) is 2.10. The van der Waals surface area contributed by atoms with Crippen LogP contribution in [0.4, 0.5) is 5.69 Å². The third kappa shape index (κ3) is 6.32. The van der Waals surface area contributed by atoms with E-state index in [1.165, 1.54) is 12.1 Å². The van der Waals surface area contributed by atoms with E-state index in [1.54, 1.807) is 42.5 Å². The molecule has 2 N–H and O–H groups in total. The summed E-state index contributed by atoms with van der Waals surface area (Å²) in [6, 6.07) is 14.3. The highest BCUT2D eigenvalue weighted by molar-refractivity contribution is 7.92. The molecule has 0 fully saturated rings. The minimum atomic E-state index is -3.80. The van der Waals surface area contributed by atoms with Crippen molar-refractivity contribution < 1.29 is 21.6 Å². The molecule has 0 amide bonds. The highest BCUT2D eigenvalue weighted by Gasteiger charge is 2.16. The van der Waals surface area contributed by atoms with E-state index in [1.807, 2.05) is 13.8 Å². The first-order chi connectivity index (χ1) is 12.2. The summed E-state index contributed by atoms with van der Waals surface area (Å²) in [5.74, 6) is 0.184. The van der Waals surface area contributed by atoms with Gasteiger partial charge >= 0.3 is 0 Å². The van der Waals surface area contributed by atoms with E-state index in [2.05, 4.69) is 9.44 Å². The third-order valence-corrected chi connectivity index (χ3v) is 5.98. The number of para-hydroxylation sites is 1. The first-order valence-electron chi connectivity index (χ1n) is 8.00. The number of ether oxygens (including phenoxy) is 1. The highest BCUT2D eigenvalue weighted by Crippen LogP contribution is 2.17. The van der Waals surface area contributed by atoms with Crippen molar-refractivity contribution in [3.8, 4) is 5.75 Å². The van der Waals surface area contributed by atoms with Crippen molar-refractivity contribution in [2.24, 2.45) is 0 Å². The van der Waals surface area contributed by atoms with Crippen LogP contribution in [0, 0.1) is 0 Å². The monoisotopic (exact) mass is 398 g/mol. The summed E-state index contributed by atoms with van der Waals surface area (Å²) in [5, 5.41) is 0. The Morgan fingerprint density at radius 1 is 0.923 bits per heavy atom. The van der Waals surface area contributed by atoms with Gasteiger partial charge in [0.2, 0.25) is 20.0 Å². The summed E-state index contributed by atoms with van der Waals surface area (Å²) in [5.41, 5.74) is 0.427. The van der Waals surface area contributed by atoms with Crippen LogP contribution < -0.4 is 14.2 Å². The molecule has 2 aromatic carbocycles. The Labute approximate surface area is 154 Å². The lowest BCUT2D eigenvalue weighted by atomic mass is 10.3. The zero-order valence-electron chi connectivity index (χ0n) is 14.5. The van der Waals surface area contributed by atoms with Gasteiger partial charge < -0.3 is 4.74 Å². The number of anilines is 1. The van der Waals surface area contributed by atoms with E-state index in [-0.39, 0.29) is 23.3 Å². The standard InChI is InChI=1S/C17H22N2O5S2/c1-14(2)24-16-8-10-17(11-9-16)26(22,23)18-12-13-25(20,21)19-15-6-4-3-5-7-15/h3-11,14,18-19H,12-13H2,1-2H3. The lowest BCUT2D eigenvalue weighted by molar-refractivity contribution is 0.242. The van der Waals surface area contributed by atoms with E-state index in [0.717, 1.165) is 0 Å². The topological polar surface area (TPSA) is 102 Å². The average molecular weight is 399 g/mol. The molecule has 26 heavy (non-hydrogen) atoms. The van der Waals surface area contributed by atoms with Gasteiger partial charge in [-0.25, -0.2) is 21.6 Å². The zero-order valence-corrected chi connectivity index (χ0v) is 16.2. The van der Waals surface area contributed by atoms with Crippen molar-refractivity contribution in [1.29, 1.82) is 0 Å². The SMILES string of the molecule is CC(C)Oc1ccc(S(=O)(=O)NCCS(=O)(=O)Nc2ccccc2)cc1. The molecule has 0 aromatic heterocycles. The number of rotatable bonds is 9. The molecule has 0 atom stereocenters. The Morgan fingerprint density at radius 3 is 2.12 bits per heavy atom. The second-order valence-corrected chi connectivity index (χ2v) is 9.43. The maximum Gasteiger partial charge on any atom is 0.240 e. The first kappa shape index (κ1) is 20.2. The lowest BCUT2D eigenvalue weighted by Gasteiger charge is -2.11. The number of hydrogen-bond acceptors (Lipinski definition) is 5. The predicted octanol–water partition coefficient (Wildman–Crippen LogP) is 2.19. The molecule has 0 aliphatic rings. The predicted molar refractivity (Wildman–Crippen MR) is 101 cm³/mol. The number of benzene rings is 2. The maximum atomic E-state index is 12.2. The average Bonchev–Trinajstić information content (AvgIpc) is 2.55. The van der Waals surface area contributed by atoms with Gasteiger partial charge in [-0.3, -0.25) is 4.72 Å². The van der Waals surface area contributed by atoms with Crippen molar-refractivity contribution in [2.75, 3.05) is 17.0 Å². The molecule has 142 valence electrons. The summed E-state index contributed by atoms with van der Waals surface area (Å²) < 4.78 is 58.6. The fraction of sp³-hybridized carbons (Fsp3) is 0.294. The van der Waals surface area contributed by atoms with Crippen LogP contribution in [0.1, 0.15) is 13.8 Å². The van der Waals surface area contributed by atoms with Crippen LogP contribution in [0.15, 0.2) is 59.5 Å². The van der Waals surface area contributed by atoms with E-state index >= 15 is 0 Å². The molecule has 0 heterocycles. The molecule has 0 aliphatic carbocycles. The summed E-state index contributed by atoms with van der Waals surface area (Å²) in [6.45, 7) is 3.50. The Balaban J connectivity index is 1.93. The van der Waals surface area contributed by atoms with Crippen LogP contribution in [0.2, 0.25) is 0 Å². The van der Waals surface area contributed by atoms with Crippen LogP contribution in [0.3, 0.4) is 0 Å². The minimum absolute atomic E-state index is 0.0158.